The Morgan fingerprint density at radius 2 is 2.15 bits per heavy atom. The zero-order valence-corrected chi connectivity index (χ0v) is 12.3. The van der Waals surface area contributed by atoms with Crippen molar-refractivity contribution in [2.45, 2.75) is 25.7 Å². The SMILES string of the molecule is CCCN(CC(=O)N(C)C)C(=O)C1CC1c1ccco1. The van der Waals surface area contributed by atoms with E-state index in [2.05, 4.69) is 0 Å². The van der Waals surface area contributed by atoms with E-state index in [4.69, 9.17) is 4.42 Å². The lowest BCUT2D eigenvalue weighted by Crippen LogP contribution is -2.41. The van der Waals surface area contributed by atoms with Gasteiger partial charge in [-0.1, -0.05) is 6.92 Å². The Bertz CT molecular complexity index is 467. The van der Waals surface area contributed by atoms with Crippen molar-refractivity contribution >= 4 is 11.8 Å². The smallest absolute Gasteiger partial charge is 0.241 e. The number of carbonyl (C=O) groups is 2. The van der Waals surface area contributed by atoms with Crippen LogP contribution in [0.5, 0.6) is 0 Å². The molecule has 2 amide bonds. The first kappa shape index (κ1) is 14.6. The van der Waals surface area contributed by atoms with E-state index in [1.165, 1.54) is 4.90 Å². The van der Waals surface area contributed by atoms with E-state index in [0.717, 1.165) is 18.6 Å². The molecule has 0 radical (unpaired) electrons. The summed E-state index contributed by atoms with van der Waals surface area (Å²) in [6.45, 7) is 2.80. The molecule has 0 bridgehead atoms. The Hall–Kier alpha value is -1.78. The minimum atomic E-state index is -0.0398. The fraction of sp³-hybridized carbons (Fsp3) is 0.600. The number of nitrogens with zero attached hydrogens (tertiary/aromatic N) is 2. The molecule has 5 heteroatoms. The van der Waals surface area contributed by atoms with Gasteiger partial charge in [0, 0.05) is 32.5 Å². The predicted molar refractivity (Wildman–Crippen MR) is 75.1 cm³/mol. The molecular formula is C15H22N2O3. The number of hydrogen-bond acceptors (Lipinski definition) is 3. The lowest BCUT2D eigenvalue weighted by Gasteiger charge is -2.23. The standard InChI is InChI=1S/C15H22N2O3/c1-4-7-17(10-14(18)16(2)3)15(19)12-9-11(12)13-6-5-8-20-13/h5-6,8,11-12H,4,7,9-10H2,1-3H3. The largest absolute Gasteiger partial charge is 0.469 e. The highest BCUT2D eigenvalue weighted by atomic mass is 16.3. The Morgan fingerprint density at radius 3 is 2.70 bits per heavy atom. The molecule has 5 nitrogen and oxygen atoms in total. The summed E-state index contributed by atoms with van der Waals surface area (Å²) in [6.07, 6.45) is 3.31. The van der Waals surface area contributed by atoms with Crippen LogP contribution in [0.4, 0.5) is 0 Å². The van der Waals surface area contributed by atoms with Gasteiger partial charge in [-0.25, -0.2) is 0 Å². The maximum atomic E-state index is 12.5. The van der Waals surface area contributed by atoms with Crippen molar-refractivity contribution in [1.82, 2.24) is 9.80 Å². The van der Waals surface area contributed by atoms with Crippen molar-refractivity contribution in [3.63, 3.8) is 0 Å². The van der Waals surface area contributed by atoms with E-state index in [1.807, 2.05) is 19.1 Å². The summed E-state index contributed by atoms with van der Waals surface area (Å²) in [5.74, 6) is 1.07. The number of furan rings is 1. The van der Waals surface area contributed by atoms with E-state index in [1.54, 1.807) is 25.3 Å². The molecule has 1 heterocycles. The third-order valence-corrected chi connectivity index (χ3v) is 3.65. The van der Waals surface area contributed by atoms with Crippen molar-refractivity contribution in [1.29, 1.82) is 0 Å². The Labute approximate surface area is 119 Å². The summed E-state index contributed by atoms with van der Waals surface area (Å²) in [5, 5.41) is 0. The molecule has 0 N–H and O–H groups in total. The first-order valence-corrected chi connectivity index (χ1v) is 7.07. The molecule has 2 atom stereocenters. The quantitative estimate of drug-likeness (QED) is 0.796. The van der Waals surface area contributed by atoms with Gasteiger partial charge in [-0.05, 0) is 25.0 Å². The van der Waals surface area contributed by atoms with Gasteiger partial charge in [0.2, 0.25) is 11.8 Å². The Kier molecular flexibility index (Phi) is 4.47. The van der Waals surface area contributed by atoms with Crippen LogP contribution in [-0.4, -0.2) is 48.8 Å². The average molecular weight is 278 g/mol. The molecule has 1 aliphatic carbocycles. The van der Waals surface area contributed by atoms with Gasteiger partial charge in [-0.15, -0.1) is 0 Å². The van der Waals surface area contributed by atoms with Crippen LogP contribution in [0.1, 0.15) is 31.4 Å². The van der Waals surface area contributed by atoms with Crippen LogP contribution in [0.15, 0.2) is 22.8 Å². The molecular weight excluding hydrogens is 256 g/mol. The summed E-state index contributed by atoms with van der Waals surface area (Å²) in [7, 11) is 3.42. The number of amides is 2. The van der Waals surface area contributed by atoms with Crippen molar-refractivity contribution < 1.29 is 14.0 Å². The maximum absolute atomic E-state index is 12.5. The first-order valence-electron chi connectivity index (χ1n) is 7.07. The summed E-state index contributed by atoms with van der Waals surface area (Å²) < 4.78 is 5.35. The van der Waals surface area contributed by atoms with E-state index < -0.39 is 0 Å². The summed E-state index contributed by atoms with van der Waals surface area (Å²) >= 11 is 0. The van der Waals surface area contributed by atoms with Gasteiger partial charge in [0.05, 0.1) is 12.8 Å². The zero-order valence-electron chi connectivity index (χ0n) is 12.3. The van der Waals surface area contributed by atoms with Gasteiger partial charge in [0.15, 0.2) is 0 Å². The molecule has 0 aliphatic heterocycles. The first-order chi connectivity index (χ1) is 9.54. The predicted octanol–water partition coefficient (Wildman–Crippen LogP) is 1.71. The summed E-state index contributed by atoms with van der Waals surface area (Å²) in [4.78, 5) is 27.5. The van der Waals surface area contributed by atoms with E-state index in [0.29, 0.717) is 6.54 Å². The molecule has 2 unspecified atom stereocenters. The zero-order chi connectivity index (χ0) is 14.7. The fourth-order valence-corrected chi connectivity index (χ4v) is 2.36. The van der Waals surface area contributed by atoms with E-state index in [-0.39, 0.29) is 30.2 Å². The Morgan fingerprint density at radius 1 is 1.40 bits per heavy atom. The topological polar surface area (TPSA) is 53.8 Å². The van der Waals surface area contributed by atoms with Gasteiger partial charge in [-0.3, -0.25) is 9.59 Å². The molecule has 0 spiro atoms. The van der Waals surface area contributed by atoms with Gasteiger partial charge in [0.1, 0.15) is 5.76 Å². The van der Waals surface area contributed by atoms with Crippen LogP contribution in [0.3, 0.4) is 0 Å². The number of likely N-dealkylation sites (N-methyl/N-ethyl adjacent to an activating group) is 1. The molecule has 1 aromatic rings. The van der Waals surface area contributed by atoms with E-state index >= 15 is 0 Å². The van der Waals surface area contributed by atoms with Crippen molar-refractivity contribution in [3.8, 4) is 0 Å². The van der Waals surface area contributed by atoms with Crippen LogP contribution in [0.25, 0.3) is 0 Å². The second kappa shape index (κ2) is 6.11. The van der Waals surface area contributed by atoms with Gasteiger partial charge in [0.25, 0.3) is 0 Å². The van der Waals surface area contributed by atoms with Crippen molar-refractivity contribution in [3.05, 3.63) is 24.2 Å². The van der Waals surface area contributed by atoms with E-state index in [9.17, 15) is 9.59 Å². The molecule has 110 valence electrons. The van der Waals surface area contributed by atoms with Crippen LogP contribution >= 0.6 is 0 Å². The molecule has 2 rings (SSSR count). The molecule has 0 saturated heterocycles. The van der Waals surface area contributed by atoms with Crippen LogP contribution in [0.2, 0.25) is 0 Å². The number of hydrogen-bond donors (Lipinski definition) is 0. The molecule has 1 aromatic heterocycles. The molecule has 0 aromatic carbocycles. The van der Waals surface area contributed by atoms with Crippen LogP contribution in [-0.2, 0) is 9.59 Å². The lowest BCUT2D eigenvalue weighted by molar-refractivity contribution is -0.140. The second-order valence-electron chi connectivity index (χ2n) is 5.51. The van der Waals surface area contributed by atoms with Crippen LogP contribution in [0, 0.1) is 5.92 Å². The molecule has 20 heavy (non-hydrogen) atoms. The number of rotatable bonds is 6. The van der Waals surface area contributed by atoms with Gasteiger partial charge < -0.3 is 14.2 Å². The average Bonchev–Trinajstić information content (AvgIpc) is 3.02. The summed E-state index contributed by atoms with van der Waals surface area (Å²) in [6, 6.07) is 3.75. The second-order valence-corrected chi connectivity index (χ2v) is 5.51. The maximum Gasteiger partial charge on any atom is 0.241 e. The highest BCUT2D eigenvalue weighted by Gasteiger charge is 2.47. The highest BCUT2D eigenvalue weighted by molar-refractivity contribution is 5.87. The lowest BCUT2D eigenvalue weighted by atomic mass is 10.2. The monoisotopic (exact) mass is 278 g/mol. The minimum Gasteiger partial charge on any atom is -0.469 e. The number of carbonyl (C=O) groups excluding carboxylic acids is 2. The normalized spacial score (nSPS) is 20.6. The Balaban J connectivity index is 1.96. The molecule has 1 fully saturated rings. The third kappa shape index (κ3) is 3.21. The van der Waals surface area contributed by atoms with Gasteiger partial charge in [-0.2, -0.15) is 0 Å². The summed E-state index contributed by atoms with van der Waals surface area (Å²) in [5.41, 5.74) is 0. The van der Waals surface area contributed by atoms with Crippen molar-refractivity contribution in [2.75, 3.05) is 27.2 Å². The van der Waals surface area contributed by atoms with Gasteiger partial charge >= 0.3 is 0 Å². The molecule has 1 saturated carbocycles. The third-order valence-electron chi connectivity index (χ3n) is 3.65. The van der Waals surface area contributed by atoms with Crippen molar-refractivity contribution in [2.24, 2.45) is 5.92 Å². The minimum absolute atomic E-state index is 0.0253. The highest BCUT2D eigenvalue weighted by Crippen LogP contribution is 2.48. The molecule has 1 aliphatic rings. The fourth-order valence-electron chi connectivity index (χ4n) is 2.36. The van der Waals surface area contributed by atoms with Crippen LogP contribution < -0.4 is 0 Å².